The number of nitrogens with zero attached hydrogens (tertiary/aromatic N) is 3. The molecule has 29 heavy (non-hydrogen) atoms. The summed E-state index contributed by atoms with van der Waals surface area (Å²) in [5.74, 6) is 1.65. The minimum absolute atomic E-state index is 0.120. The average Bonchev–Trinajstić information content (AvgIpc) is 3.17. The molecule has 0 atom stereocenters. The van der Waals surface area contributed by atoms with Crippen LogP contribution in [0.5, 0.6) is 11.5 Å². The van der Waals surface area contributed by atoms with Gasteiger partial charge in [0, 0.05) is 29.7 Å². The maximum absolute atomic E-state index is 13.1. The quantitative estimate of drug-likeness (QED) is 0.740. The molecule has 3 aromatic rings. The van der Waals surface area contributed by atoms with Crippen LogP contribution < -0.4 is 19.7 Å². The molecular weight excluding hydrogens is 368 g/mol. The molecule has 0 aliphatic carbocycles. The molecule has 0 fully saturated rings. The van der Waals surface area contributed by atoms with E-state index in [0.717, 1.165) is 29.2 Å². The number of rotatable bonds is 3. The first-order valence-corrected chi connectivity index (χ1v) is 9.59. The first-order chi connectivity index (χ1) is 14.2. The zero-order valence-electron chi connectivity index (χ0n) is 16.0. The van der Waals surface area contributed by atoms with Gasteiger partial charge in [0.05, 0.1) is 0 Å². The highest BCUT2D eigenvalue weighted by Crippen LogP contribution is 2.33. The molecule has 2 aliphatic heterocycles. The zero-order valence-corrected chi connectivity index (χ0v) is 16.0. The van der Waals surface area contributed by atoms with Gasteiger partial charge in [-0.1, -0.05) is 18.2 Å². The third-order valence-corrected chi connectivity index (χ3v) is 5.00. The Balaban J connectivity index is 1.41. The van der Waals surface area contributed by atoms with E-state index in [2.05, 4.69) is 21.4 Å². The van der Waals surface area contributed by atoms with Crippen molar-refractivity contribution in [3.8, 4) is 11.5 Å². The summed E-state index contributed by atoms with van der Waals surface area (Å²) >= 11 is 0. The summed E-state index contributed by atoms with van der Waals surface area (Å²) in [5, 5.41) is 3.17. The normalized spacial score (nSPS) is 14.4. The van der Waals surface area contributed by atoms with Crippen LogP contribution in [0.3, 0.4) is 0 Å². The van der Waals surface area contributed by atoms with E-state index in [1.807, 2.05) is 43.3 Å². The van der Waals surface area contributed by atoms with Crippen molar-refractivity contribution < 1.29 is 14.3 Å². The predicted molar refractivity (Wildman–Crippen MR) is 109 cm³/mol. The molecule has 1 amide bonds. The molecule has 7 heteroatoms. The molecule has 2 aliphatic rings. The van der Waals surface area contributed by atoms with Crippen molar-refractivity contribution in [3.63, 3.8) is 0 Å². The van der Waals surface area contributed by atoms with Gasteiger partial charge in [-0.2, -0.15) is 0 Å². The molecule has 7 nitrogen and oxygen atoms in total. The fraction of sp³-hybridized carbons (Fsp3) is 0.227. The number of anilines is 3. The number of carbonyl (C=O) groups is 1. The van der Waals surface area contributed by atoms with Crippen molar-refractivity contribution >= 4 is 23.2 Å². The van der Waals surface area contributed by atoms with Crippen LogP contribution >= 0.6 is 0 Å². The molecule has 0 bridgehead atoms. The summed E-state index contributed by atoms with van der Waals surface area (Å²) in [5.41, 5.74) is 3.99. The number of aromatic nitrogens is 2. The Labute approximate surface area is 168 Å². The van der Waals surface area contributed by atoms with Gasteiger partial charge in [-0.05, 0) is 43.2 Å². The second-order valence-electron chi connectivity index (χ2n) is 7.04. The second kappa shape index (κ2) is 7.09. The van der Waals surface area contributed by atoms with Crippen LogP contribution in [0.1, 0.15) is 21.7 Å². The van der Waals surface area contributed by atoms with Gasteiger partial charge in [0.1, 0.15) is 18.9 Å². The molecule has 0 radical (unpaired) electrons. The maximum atomic E-state index is 13.1. The summed E-state index contributed by atoms with van der Waals surface area (Å²) in [6.45, 7) is 3.58. The lowest BCUT2D eigenvalue weighted by atomic mass is 10.2. The molecule has 0 saturated carbocycles. The van der Waals surface area contributed by atoms with Gasteiger partial charge >= 0.3 is 0 Å². The van der Waals surface area contributed by atoms with Crippen molar-refractivity contribution in [3.05, 3.63) is 65.5 Å². The van der Waals surface area contributed by atoms with Crippen LogP contribution in [0.2, 0.25) is 0 Å². The van der Waals surface area contributed by atoms with Crippen molar-refractivity contribution in [2.45, 2.75) is 13.3 Å². The minimum Gasteiger partial charge on any atom is -0.486 e. The van der Waals surface area contributed by atoms with Gasteiger partial charge in [-0.15, -0.1) is 0 Å². The van der Waals surface area contributed by atoms with Crippen LogP contribution in [0.4, 0.5) is 17.3 Å². The molecule has 1 aromatic heterocycles. The van der Waals surface area contributed by atoms with Crippen LogP contribution in [0, 0.1) is 6.92 Å². The number of aryl methyl sites for hydroxylation is 1. The Kier molecular flexibility index (Phi) is 4.27. The minimum atomic E-state index is -0.120. The second-order valence-corrected chi connectivity index (χ2v) is 7.04. The lowest BCUT2D eigenvalue weighted by molar-refractivity contribution is 0.0984. The maximum Gasteiger partial charge on any atom is 0.277 e. The van der Waals surface area contributed by atoms with Crippen molar-refractivity contribution in [1.82, 2.24) is 9.97 Å². The molecule has 3 heterocycles. The van der Waals surface area contributed by atoms with Gasteiger partial charge in [-0.25, -0.2) is 9.97 Å². The Morgan fingerprint density at radius 3 is 2.76 bits per heavy atom. The summed E-state index contributed by atoms with van der Waals surface area (Å²) in [6, 6.07) is 15.3. The number of amides is 1. The largest absolute Gasteiger partial charge is 0.486 e. The van der Waals surface area contributed by atoms with Crippen LogP contribution in [0.25, 0.3) is 0 Å². The number of carbonyl (C=O) groups excluding carboxylic acids is 1. The highest BCUT2D eigenvalue weighted by Gasteiger charge is 2.26. The van der Waals surface area contributed by atoms with E-state index in [1.54, 1.807) is 11.0 Å². The first-order valence-electron chi connectivity index (χ1n) is 9.59. The summed E-state index contributed by atoms with van der Waals surface area (Å²) < 4.78 is 11.2. The fourth-order valence-electron chi connectivity index (χ4n) is 3.67. The molecule has 1 N–H and O–H groups in total. The number of benzene rings is 2. The lowest BCUT2D eigenvalue weighted by Crippen LogP contribution is -2.30. The zero-order chi connectivity index (χ0) is 19.8. The third kappa shape index (κ3) is 3.35. The number of para-hydroxylation sites is 1. The molecule has 146 valence electrons. The third-order valence-electron chi connectivity index (χ3n) is 5.00. The van der Waals surface area contributed by atoms with Gasteiger partial charge < -0.3 is 19.7 Å². The van der Waals surface area contributed by atoms with Gasteiger partial charge in [0.15, 0.2) is 11.5 Å². The van der Waals surface area contributed by atoms with E-state index in [-0.39, 0.29) is 5.91 Å². The summed E-state index contributed by atoms with van der Waals surface area (Å²) in [4.78, 5) is 23.8. The van der Waals surface area contributed by atoms with E-state index in [1.165, 1.54) is 5.56 Å². The topological polar surface area (TPSA) is 76.6 Å². The molecule has 0 unspecified atom stereocenters. The molecule has 2 aromatic carbocycles. The predicted octanol–water partition coefficient (Wildman–Crippen LogP) is 3.50. The Bertz CT molecular complexity index is 1100. The molecular formula is C22H20N4O3. The van der Waals surface area contributed by atoms with Crippen LogP contribution in [0.15, 0.2) is 48.5 Å². The Morgan fingerprint density at radius 1 is 1.03 bits per heavy atom. The first kappa shape index (κ1) is 17.5. The van der Waals surface area contributed by atoms with Gasteiger partial charge in [0.25, 0.3) is 5.91 Å². The SMILES string of the molecule is Cc1cc(C(=O)N2CCc3ccccc32)nc(Nc2ccc3c(c2)OCCO3)n1. The Hall–Kier alpha value is -3.61. The molecule has 5 rings (SSSR count). The Morgan fingerprint density at radius 2 is 1.86 bits per heavy atom. The number of hydrogen-bond donors (Lipinski definition) is 1. The van der Waals surface area contributed by atoms with E-state index in [0.29, 0.717) is 37.2 Å². The number of ether oxygens (including phenoxy) is 2. The standard InChI is InChI=1S/C22H20N4O3/c1-14-12-17(21(27)26-9-8-15-4-2-3-5-18(15)26)25-22(23-14)24-16-6-7-19-20(13-16)29-11-10-28-19/h2-7,12-13H,8-11H2,1H3,(H,23,24,25). The highest BCUT2D eigenvalue weighted by molar-refractivity contribution is 6.06. The van der Waals surface area contributed by atoms with Gasteiger partial charge in [-0.3, -0.25) is 4.79 Å². The highest BCUT2D eigenvalue weighted by atomic mass is 16.6. The van der Waals surface area contributed by atoms with E-state index < -0.39 is 0 Å². The molecule has 0 saturated heterocycles. The van der Waals surface area contributed by atoms with E-state index >= 15 is 0 Å². The van der Waals surface area contributed by atoms with Crippen LogP contribution in [-0.4, -0.2) is 35.6 Å². The van der Waals surface area contributed by atoms with Crippen molar-refractivity contribution in [1.29, 1.82) is 0 Å². The van der Waals surface area contributed by atoms with Gasteiger partial charge in [0.2, 0.25) is 5.95 Å². The lowest BCUT2D eigenvalue weighted by Gasteiger charge is -2.19. The van der Waals surface area contributed by atoms with Crippen LogP contribution in [-0.2, 0) is 6.42 Å². The molecule has 0 spiro atoms. The van der Waals surface area contributed by atoms with Crippen molar-refractivity contribution in [2.75, 3.05) is 30.0 Å². The summed E-state index contributed by atoms with van der Waals surface area (Å²) in [7, 11) is 0. The summed E-state index contributed by atoms with van der Waals surface area (Å²) in [6.07, 6.45) is 0.855. The van der Waals surface area contributed by atoms with Crippen molar-refractivity contribution in [2.24, 2.45) is 0 Å². The number of nitrogens with one attached hydrogen (secondary N) is 1. The van der Waals surface area contributed by atoms with E-state index in [9.17, 15) is 4.79 Å². The van der Waals surface area contributed by atoms with E-state index in [4.69, 9.17) is 9.47 Å². The monoisotopic (exact) mass is 388 g/mol. The average molecular weight is 388 g/mol. The number of fused-ring (bicyclic) bond motifs is 2. The number of hydrogen-bond acceptors (Lipinski definition) is 6. The smallest absolute Gasteiger partial charge is 0.277 e. The fourth-order valence-corrected chi connectivity index (χ4v) is 3.67.